The molecule has 0 spiro atoms. The van der Waals surface area contributed by atoms with Gasteiger partial charge in [-0.25, -0.2) is 0 Å². The van der Waals surface area contributed by atoms with Gasteiger partial charge in [-0.05, 0) is 44.3 Å². The summed E-state index contributed by atoms with van der Waals surface area (Å²) >= 11 is 0. The maximum atomic E-state index is 2.45. The van der Waals surface area contributed by atoms with E-state index in [1.165, 1.54) is 51.6 Å². The Balaban J connectivity index is -0.000000739. The molecular weight excluding hydrogens is 254 g/mol. The van der Waals surface area contributed by atoms with Crippen LogP contribution in [0.5, 0.6) is 0 Å². The normalized spacial score (nSPS) is 12.1. The molecule has 0 saturated carbocycles. The van der Waals surface area contributed by atoms with Crippen LogP contribution in [0.2, 0.25) is 0 Å². The van der Waals surface area contributed by atoms with E-state index < -0.39 is 0 Å². The van der Waals surface area contributed by atoms with E-state index in [1.807, 2.05) is 27.7 Å². The molecule has 0 aliphatic rings. The van der Waals surface area contributed by atoms with Crippen molar-refractivity contribution in [1.29, 1.82) is 0 Å². The van der Waals surface area contributed by atoms with Gasteiger partial charge in [0.1, 0.15) is 0 Å². The monoisotopic (exact) mass is 301 g/mol. The van der Waals surface area contributed by atoms with Crippen molar-refractivity contribution in [3.05, 3.63) is 0 Å². The average Bonchev–Trinajstić information content (AvgIpc) is 2.58. The van der Waals surface area contributed by atoms with Crippen molar-refractivity contribution in [3.63, 3.8) is 0 Å². The maximum absolute atomic E-state index is 2.45. The lowest BCUT2D eigenvalue weighted by molar-refractivity contribution is 0.170. The van der Waals surface area contributed by atoms with Crippen LogP contribution < -0.4 is 0 Å². The van der Waals surface area contributed by atoms with Crippen LogP contribution in [-0.2, 0) is 0 Å². The van der Waals surface area contributed by atoms with Crippen molar-refractivity contribution >= 4 is 0 Å². The first-order valence-corrected chi connectivity index (χ1v) is 9.72. The van der Waals surface area contributed by atoms with Crippen molar-refractivity contribution in [2.75, 3.05) is 20.1 Å². The standard InChI is InChI=1S/C16H35N.2C2H6/c1-7-15(5)11-12-16(8-2,9-3)13-14-17(6)10-4;2*1-2/h15H,7-14H2,1-6H3;2*1-2H3. The fourth-order valence-corrected chi connectivity index (χ4v) is 2.42. The van der Waals surface area contributed by atoms with E-state index in [0.29, 0.717) is 5.41 Å². The third kappa shape index (κ3) is 13.4. The highest BCUT2D eigenvalue weighted by molar-refractivity contribution is 4.78. The van der Waals surface area contributed by atoms with Crippen molar-refractivity contribution < 1.29 is 0 Å². The third-order valence-corrected chi connectivity index (χ3v) is 4.93. The molecule has 0 N–H and O–H groups in total. The molecule has 0 aliphatic heterocycles. The van der Waals surface area contributed by atoms with Crippen LogP contribution >= 0.6 is 0 Å². The molecule has 0 heterocycles. The smallest absolute Gasteiger partial charge is 0.00166 e. The molecule has 1 atom stereocenters. The summed E-state index contributed by atoms with van der Waals surface area (Å²) in [5.74, 6) is 0.899. The van der Waals surface area contributed by atoms with Crippen LogP contribution in [0.1, 0.15) is 101 Å². The summed E-state index contributed by atoms with van der Waals surface area (Å²) in [6.45, 7) is 22.2. The summed E-state index contributed by atoms with van der Waals surface area (Å²) in [6.07, 6.45) is 8.23. The predicted molar refractivity (Wildman–Crippen MR) is 102 cm³/mol. The van der Waals surface area contributed by atoms with Gasteiger partial charge >= 0.3 is 0 Å². The van der Waals surface area contributed by atoms with Gasteiger partial charge < -0.3 is 4.90 Å². The minimum atomic E-state index is 0.604. The zero-order valence-electron chi connectivity index (χ0n) is 17.2. The second-order valence-corrected chi connectivity index (χ2v) is 5.91. The van der Waals surface area contributed by atoms with Gasteiger partial charge in [0.2, 0.25) is 0 Å². The lowest BCUT2D eigenvalue weighted by Crippen LogP contribution is -2.28. The molecule has 1 heteroatoms. The van der Waals surface area contributed by atoms with Crippen LogP contribution in [0.3, 0.4) is 0 Å². The topological polar surface area (TPSA) is 3.24 Å². The number of hydrogen-bond acceptors (Lipinski definition) is 1. The predicted octanol–water partition coefficient (Wildman–Crippen LogP) is 7.01. The van der Waals surface area contributed by atoms with Gasteiger partial charge in [0.15, 0.2) is 0 Å². The molecule has 0 fully saturated rings. The molecule has 0 amide bonds. The maximum Gasteiger partial charge on any atom is -0.00166 e. The molecule has 0 aromatic rings. The minimum Gasteiger partial charge on any atom is -0.307 e. The first kappa shape index (κ1) is 25.9. The van der Waals surface area contributed by atoms with Crippen molar-refractivity contribution in [2.24, 2.45) is 11.3 Å². The number of nitrogens with zero attached hydrogens (tertiary/aromatic N) is 1. The second kappa shape index (κ2) is 18.0. The zero-order chi connectivity index (χ0) is 17.3. The molecule has 1 nitrogen and oxygen atoms in total. The molecule has 0 radical (unpaired) electrons. The highest BCUT2D eigenvalue weighted by Gasteiger charge is 2.26. The van der Waals surface area contributed by atoms with Crippen LogP contribution in [-0.4, -0.2) is 25.0 Å². The lowest BCUT2D eigenvalue weighted by atomic mass is 9.74. The Bertz CT molecular complexity index is 157. The summed E-state index contributed by atoms with van der Waals surface area (Å²) in [5, 5.41) is 0. The number of rotatable bonds is 10. The molecule has 132 valence electrons. The summed E-state index contributed by atoms with van der Waals surface area (Å²) < 4.78 is 0. The first-order valence-electron chi connectivity index (χ1n) is 9.72. The Hall–Kier alpha value is -0.0400. The molecule has 0 aromatic heterocycles. The van der Waals surface area contributed by atoms with E-state index in [0.717, 1.165) is 5.92 Å². The van der Waals surface area contributed by atoms with E-state index in [-0.39, 0.29) is 0 Å². The van der Waals surface area contributed by atoms with Gasteiger partial charge in [-0.15, -0.1) is 0 Å². The van der Waals surface area contributed by atoms with E-state index >= 15 is 0 Å². The molecular formula is C20H47N. The van der Waals surface area contributed by atoms with E-state index in [2.05, 4.69) is 46.6 Å². The van der Waals surface area contributed by atoms with Gasteiger partial charge in [-0.3, -0.25) is 0 Å². The molecule has 0 aliphatic carbocycles. The van der Waals surface area contributed by atoms with Gasteiger partial charge in [0.05, 0.1) is 0 Å². The first-order chi connectivity index (χ1) is 10.0. The molecule has 21 heavy (non-hydrogen) atoms. The Morgan fingerprint density at radius 1 is 0.857 bits per heavy atom. The van der Waals surface area contributed by atoms with Crippen LogP contribution in [0.25, 0.3) is 0 Å². The highest BCUT2D eigenvalue weighted by Crippen LogP contribution is 2.37. The zero-order valence-corrected chi connectivity index (χ0v) is 17.2. The summed E-state index contributed by atoms with van der Waals surface area (Å²) in [6, 6.07) is 0. The molecule has 1 unspecified atom stereocenters. The second-order valence-electron chi connectivity index (χ2n) is 5.91. The highest BCUT2D eigenvalue weighted by atomic mass is 15.1. The fraction of sp³-hybridized carbons (Fsp3) is 1.00. The minimum absolute atomic E-state index is 0.604. The third-order valence-electron chi connectivity index (χ3n) is 4.93. The van der Waals surface area contributed by atoms with Gasteiger partial charge in [0, 0.05) is 0 Å². The van der Waals surface area contributed by atoms with E-state index in [4.69, 9.17) is 0 Å². The van der Waals surface area contributed by atoms with Gasteiger partial charge in [0.25, 0.3) is 0 Å². The number of hydrogen-bond donors (Lipinski definition) is 0. The quantitative estimate of drug-likeness (QED) is 0.419. The van der Waals surface area contributed by atoms with Gasteiger partial charge in [-0.2, -0.15) is 0 Å². The molecule has 0 rings (SSSR count). The van der Waals surface area contributed by atoms with Crippen molar-refractivity contribution in [1.82, 2.24) is 4.90 Å². The van der Waals surface area contributed by atoms with Crippen molar-refractivity contribution in [3.8, 4) is 0 Å². The molecule has 0 aromatic carbocycles. The summed E-state index contributed by atoms with van der Waals surface area (Å²) in [7, 11) is 2.24. The Kier molecular flexibility index (Phi) is 22.2. The Morgan fingerprint density at radius 3 is 1.67 bits per heavy atom. The Morgan fingerprint density at radius 2 is 1.33 bits per heavy atom. The lowest BCUT2D eigenvalue weighted by Gasteiger charge is -2.34. The Labute approximate surface area is 137 Å². The SMILES string of the molecule is CC.CC.CCC(C)CCC(CC)(CC)CCN(C)CC. The van der Waals surface area contributed by atoms with Crippen LogP contribution in [0.4, 0.5) is 0 Å². The van der Waals surface area contributed by atoms with Gasteiger partial charge in [-0.1, -0.05) is 88.0 Å². The van der Waals surface area contributed by atoms with Crippen LogP contribution in [0.15, 0.2) is 0 Å². The summed E-state index contributed by atoms with van der Waals surface area (Å²) in [5.41, 5.74) is 0.604. The molecule has 0 saturated heterocycles. The van der Waals surface area contributed by atoms with Crippen molar-refractivity contribution in [2.45, 2.75) is 101 Å². The largest absolute Gasteiger partial charge is 0.307 e. The van der Waals surface area contributed by atoms with E-state index in [1.54, 1.807) is 0 Å². The molecule has 0 bridgehead atoms. The summed E-state index contributed by atoms with van der Waals surface area (Å²) in [4.78, 5) is 2.45. The fourth-order valence-electron chi connectivity index (χ4n) is 2.42. The van der Waals surface area contributed by atoms with E-state index in [9.17, 15) is 0 Å². The van der Waals surface area contributed by atoms with Crippen LogP contribution in [0, 0.1) is 11.3 Å². The average molecular weight is 302 g/mol.